The van der Waals surface area contributed by atoms with E-state index >= 15 is 0 Å². The van der Waals surface area contributed by atoms with Crippen LogP contribution in [0.25, 0.3) is 10.9 Å². The molecule has 0 radical (unpaired) electrons. The summed E-state index contributed by atoms with van der Waals surface area (Å²) in [7, 11) is 4.00. The maximum Gasteiger partial charge on any atom is 0.223 e. The monoisotopic (exact) mass is 363 g/mol. The lowest BCUT2D eigenvalue weighted by Crippen LogP contribution is -2.37. The van der Waals surface area contributed by atoms with E-state index in [0.717, 1.165) is 42.2 Å². The van der Waals surface area contributed by atoms with Crippen molar-refractivity contribution in [3.63, 3.8) is 0 Å². The fourth-order valence-corrected chi connectivity index (χ4v) is 3.85. The van der Waals surface area contributed by atoms with E-state index in [1.807, 2.05) is 49.1 Å². The molecule has 0 spiro atoms. The predicted octanol–water partition coefficient (Wildman–Crippen LogP) is 2.85. The molecule has 0 saturated carbocycles. The summed E-state index contributed by atoms with van der Waals surface area (Å²) in [5.41, 5.74) is 4.48. The zero-order valence-electron chi connectivity index (χ0n) is 16.1. The SMILES string of the molecule is Cc1nc2c(c(N(C)C)n1)CCN(C(=O)CCc1c[nH]c3ccccc13)C2. The summed E-state index contributed by atoms with van der Waals surface area (Å²) in [5.74, 6) is 1.92. The second-order valence-electron chi connectivity index (χ2n) is 7.34. The number of rotatable bonds is 4. The quantitative estimate of drug-likeness (QED) is 0.774. The zero-order valence-corrected chi connectivity index (χ0v) is 16.1. The van der Waals surface area contributed by atoms with Crippen LogP contribution in [-0.4, -0.2) is 46.4 Å². The number of carbonyl (C=O) groups is 1. The average Bonchev–Trinajstić information content (AvgIpc) is 3.08. The van der Waals surface area contributed by atoms with E-state index in [4.69, 9.17) is 0 Å². The molecule has 1 aliphatic heterocycles. The van der Waals surface area contributed by atoms with Crippen LogP contribution in [0.2, 0.25) is 0 Å². The normalized spacial score (nSPS) is 13.7. The fourth-order valence-electron chi connectivity index (χ4n) is 3.85. The summed E-state index contributed by atoms with van der Waals surface area (Å²) >= 11 is 0. The molecule has 6 nitrogen and oxygen atoms in total. The Balaban J connectivity index is 1.47. The van der Waals surface area contributed by atoms with Crippen molar-refractivity contribution < 1.29 is 4.79 Å². The largest absolute Gasteiger partial charge is 0.362 e. The third-order valence-electron chi connectivity index (χ3n) is 5.21. The predicted molar refractivity (Wildman–Crippen MR) is 107 cm³/mol. The molecule has 140 valence electrons. The maximum atomic E-state index is 12.8. The Morgan fingerprint density at radius 1 is 1.26 bits per heavy atom. The van der Waals surface area contributed by atoms with Gasteiger partial charge in [-0.05, 0) is 31.4 Å². The molecule has 2 aromatic heterocycles. The third-order valence-corrected chi connectivity index (χ3v) is 5.21. The van der Waals surface area contributed by atoms with Gasteiger partial charge in [0.25, 0.3) is 0 Å². The number of anilines is 1. The minimum Gasteiger partial charge on any atom is -0.362 e. The van der Waals surface area contributed by atoms with E-state index < -0.39 is 0 Å². The highest BCUT2D eigenvalue weighted by Crippen LogP contribution is 2.26. The lowest BCUT2D eigenvalue weighted by molar-refractivity contribution is -0.132. The number of hydrogen-bond acceptors (Lipinski definition) is 4. The molecule has 1 amide bonds. The molecule has 4 rings (SSSR count). The molecule has 6 heteroatoms. The number of carbonyl (C=O) groups excluding carboxylic acids is 1. The van der Waals surface area contributed by atoms with E-state index in [1.165, 1.54) is 16.5 Å². The maximum absolute atomic E-state index is 12.8. The summed E-state index contributed by atoms with van der Waals surface area (Å²) < 4.78 is 0. The van der Waals surface area contributed by atoms with Gasteiger partial charge in [-0.15, -0.1) is 0 Å². The highest BCUT2D eigenvalue weighted by molar-refractivity contribution is 5.84. The standard InChI is InChI=1S/C21H25N5O/c1-14-23-19-13-26(11-10-17(19)21(24-14)25(2)3)20(27)9-8-15-12-22-18-7-5-4-6-16(15)18/h4-7,12,22H,8-11,13H2,1-3H3. The van der Waals surface area contributed by atoms with Gasteiger partial charge in [-0.25, -0.2) is 9.97 Å². The van der Waals surface area contributed by atoms with Crippen LogP contribution in [0.5, 0.6) is 0 Å². The number of para-hydroxylation sites is 1. The Hall–Kier alpha value is -2.89. The molecule has 0 atom stereocenters. The molecule has 1 aliphatic rings. The molecular formula is C21H25N5O. The Bertz CT molecular complexity index is 991. The molecule has 3 aromatic rings. The van der Waals surface area contributed by atoms with Crippen LogP contribution in [0, 0.1) is 6.92 Å². The van der Waals surface area contributed by atoms with E-state index in [1.54, 1.807) is 0 Å². The Morgan fingerprint density at radius 3 is 2.89 bits per heavy atom. The van der Waals surface area contributed by atoms with Crippen molar-refractivity contribution >= 4 is 22.6 Å². The Kier molecular flexibility index (Phi) is 4.56. The second-order valence-corrected chi connectivity index (χ2v) is 7.34. The van der Waals surface area contributed by atoms with E-state index in [-0.39, 0.29) is 5.91 Å². The van der Waals surface area contributed by atoms with Gasteiger partial charge in [-0.2, -0.15) is 0 Å². The summed E-state index contributed by atoms with van der Waals surface area (Å²) in [5, 5.41) is 1.20. The van der Waals surface area contributed by atoms with Gasteiger partial charge < -0.3 is 14.8 Å². The highest BCUT2D eigenvalue weighted by Gasteiger charge is 2.25. The molecule has 1 aromatic carbocycles. The molecule has 0 aliphatic carbocycles. The number of amides is 1. The van der Waals surface area contributed by atoms with Gasteiger partial charge in [0.1, 0.15) is 11.6 Å². The van der Waals surface area contributed by atoms with Crippen LogP contribution < -0.4 is 4.90 Å². The third kappa shape index (κ3) is 3.39. The molecule has 0 saturated heterocycles. The molecular weight excluding hydrogens is 338 g/mol. The van der Waals surface area contributed by atoms with Gasteiger partial charge in [0.15, 0.2) is 0 Å². The van der Waals surface area contributed by atoms with Gasteiger partial charge in [-0.3, -0.25) is 4.79 Å². The highest BCUT2D eigenvalue weighted by atomic mass is 16.2. The summed E-state index contributed by atoms with van der Waals surface area (Å²) in [6, 6.07) is 8.22. The first-order valence-corrected chi connectivity index (χ1v) is 9.39. The number of nitrogens with zero attached hydrogens (tertiary/aromatic N) is 4. The van der Waals surface area contributed by atoms with Gasteiger partial charge >= 0.3 is 0 Å². The van der Waals surface area contributed by atoms with Crippen molar-refractivity contribution in [2.75, 3.05) is 25.5 Å². The topological polar surface area (TPSA) is 65.1 Å². The summed E-state index contributed by atoms with van der Waals surface area (Å²) in [4.78, 5) is 29.2. The number of hydrogen-bond donors (Lipinski definition) is 1. The smallest absolute Gasteiger partial charge is 0.223 e. The first-order valence-electron chi connectivity index (χ1n) is 9.39. The van der Waals surface area contributed by atoms with Crippen LogP contribution in [0.3, 0.4) is 0 Å². The summed E-state index contributed by atoms with van der Waals surface area (Å²) in [6.07, 6.45) is 4.09. The van der Waals surface area contributed by atoms with Crippen LogP contribution in [0.15, 0.2) is 30.5 Å². The van der Waals surface area contributed by atoms with Crippen molar-refractivity contribution in [2.45, 2.75) is 32.7 Å². The molecule has 27 heavy (non-hydrogen) atoms. The summed E-state index contributed by atoms with van der Waals surface area (Å²) in [6.45, 7) is 3.21. The Morgan fingerprint density at radius 2 is 2.07 bits per heavy atom. The van der Waals surface area contributed by atoms with Crippen LogP contribution in [-0.2, 0) is 24.2 Å². The molecule has 0 unspecified atom stereocenters. The molecule has 3 heterocycles. The van der Waals surface area contributed by atoms with Crippen molar-refractivity contribution in [1.29, 1.82) is 0 Å². The first kappa shape index (κ1) is 17.5. The van der Waals surface area contributed by atoms with Crippen molar-refractivity contribution in [3.05, 3.63) is 53.1 Å². The average molecular weight is 363 g/mol. The minimum atomic E-state index is 0.189. The van der Waals surface area contributed by atoms with Crippen molar-refractivity contribution in [1.82, 2.24) is 19.9 Å². The molecule has 0 bridgehead atoms. The van der Waals surface area contributed by atoms with Gasteiger partial charge in [-0.1, -0.05) is 18.2 Å². The van der Waals surface area contributed by atoms with Crippen LogP contribution >= 0.6 is 0 Å². The fraction of sp³-hybridized carbons (Fsp3) is 0.381. The number of nitrogens with one attached hydrogen (secondary N) is 1. The number of H-pyrrole nitrogens is 1. The zero-order chi connectivity index (χ0) is 19.0. The van der Waals surface area contributed by atoms with Crippen LogP contribution in [0.1, 0.15) is 29.1 Å². The lowest BCUT2D eigenvalue weighted by Gasteiger charge is -2.30. The number of benzene rings is 1. The number of fused-ring (bicyclic) bond motifs is 2. The Labute approximate surface area is 159 Å². The van der Waals surface area contributed by atoms with E-state index in [9.17, 15) is 4.79 Å². The number of aromatic nitrogens is 3. The van der Waals surface area contributed by atoms with Gasteiger partial charge in [0.2, 0.25) is 5.91 Å². The number of aryl methyl sites for hydroxylation is 2. The molecule has 0 fully saturated rings. The molecule has 1 N–H and O–H groups in total. The van der Waals surface area contributed by atoms with E-state index in [2.05, 4.69) is 27.1 Å². The van der Waals surface area contributed by atoms with Gasteiger partial charge in [0, 0.05) is 49.7 Å². The lowest BCUT2D eigenvalue weighted by atomic mass is 10.0. The van der Waals surface area contributed by atoms with Gasteiger partial charge in [0.05, 0.1) is 12.2 Å². The van der Waals surface area contributed by atoms with Crippen molar-refractivity contribution in [3.8, 4) is 0 Å². The van der Waals surface area contributed by atoms with Crippen LogP contribution in [0.4, 0.5) is 5.82 Å². The number of aromatic amines is 1. The first-order chi connectivity index (χ1) is 13.0. The van der Waals surface area contributed by atoms with E-state index in [0.29, 0.717) is 13.0 Å². The minimum absolute atomic E-state index is 0.189. The van der Waals surface area contributed by atoms with Crippen molar-refractivity contribution in [2.24, 2.45) is 0 Å². The second kappa shape index (κ2) is 7.02.